The molecule has 1 amide bonds. The third-order valence-electron chi connectivity index (χ3n) is 4.40. The fourth-order valence-electron chi connectivity index (χ4n) is 3.16. The number of aryl methyl sites for hydroxylation is 1. The Kier molecular flexibility index (Phi) is 5.38. The van der Waals surface area contributed by atoms with Crippen molar-refractivity contribution < 1.29 is 17.6 Å². The first kappa shape index (κ1) is 18.5. The van der Waals surface area contributed by atoms with Crippen LogP contribution in [0.25, 0.3) is 0 Å². The number of amides is 1. The van der Waals surface area contributed by atoms with E-state index in [1.807, 2.05) is 25.1 Å². The van der Waals surface area contributed by atoms with Gasteiger partial charge in [-0.05, 0) is 48.2 Å². The SMILES string of the molecule is CCN1C(=O)CCc2cc(CNS(=O)(=O)Cc3cccc(F)c3)ccc21. The van der Waals surface area contributed by atoms with Crippen molar-refractivity contribution >= 4 is 21.6 Å². The maximum atomic E-state index is 13.2. The minimum atomic E-state index is -3.58. The van der Waals surface area contributed by atoms with Crippen LogP contribution in [0.1, 0.15) is 30.0 Å². The van der Waals surface area contributed by atoms with Crippen LogP contribution in [0.4, 0.5) is 10.1 Å². The fraction of sp³-hybridized carbons (Fsp3) is 0.316. The lowest BCUT2D eigenvalue weighted by atomic mass is 9.99. The minimum absolute atomic E-state index is 0.114. The monoisotopic (exact) mass is 376 g/mol. The molecule has 0 radical (unpaired) electrons. The Morgan fingerprint density at radius 2 is 1.92 bits per heavy atom. The van der Waals surface area contributed by atoms with E-state index in [4.69, 9.17) is 0 Å². The van der Waals surface area contributed by atoms with Gasteiger partial charge in [0.1, 0.15) is 5.82 Å². The number of carbonyl (C=O) groups is 1. The van der Waals surface area contributed by atoms with Gasteiger partial charge in [0.15, 0.2) is 0 Å². The van der Waals surface area contributed by atoms with Crippen LogP contribution in [0.15, 0.2) is 42.5 Å². The van der Waals surface area contributed by atoms with Gasteiger partial charge in [0.2, 0.25) is 15.9 Å². The second-order valence-corrected chi connectivity index (χ2v) is 8.12. The first-order chi connectivity index (χ1) is 12.4. The van der Waals surface area contributed by atoms with E-state index in [9.17, 15) is 17.6 Å². The van der Waals surface area contributed by atoms with Crippen LogP contribution in [0, 0.1) is 5.82 Å². The highest BCUT2D eigenvalue weighted by Gasteiger charge is 2.23. The molecule has 138 valence electrons. The van der Waals surface area contributed by atoms with Crippen molar-refractivity contribution in [3.8, 4) is 0 Å². The summed E-state index contributed by atoms with van der Waals surface area (Å²) >= 11 is 0. The van der Waals surface area contributed by atoms with Crippen molar-refractivity contribution in [2.45, 2.75) is 32.1 Å². The zero-order valence-corrected chi connectivity index (χ0v) is 15.4. The smallest absolute Gasteiger partial charge is 0.227 e. The number of hydrogen-bond donors (Lipinski definition) is 1. The predicted molar refractivity (Wildman–Crippen MR) is 98.7 cm³/mol. The van der Waals surface area contributed by atoms with Crippen molar-refractivity contribution in [1.29, 1.82) is 0 Å². The molecule has 1 heterocycles. The van der Waals surface area contributed by atoms with Gasteiger partial charge in [-0.2, -0.15) is 0 Å². The molecule has 0 unspecified atom stereocenters. The standard InChI is InChI=1S/C19H21FN2O3S/c1-2-22-18-8-6-14(10-16(18)7-9-19(22)23)12-21-26(24,25)13-15-4-3-5-17(20)11-15/h3-6,8,10-11,21H,2,7,9,12-13H2,1H3. The normalized spacial score (nSPS) is 14.4. The third kappa shape index (κ3) is 4.28. The van der Waals surface area contributed by atoms with Crippen LogP contribution in [0.3, 0.4) is 0 Å². The molecule has 1 aliphatic heterocycles. The Morgan fingerprint density at radius 3 is 2.65 bits per heavy atom. The fourth-order valence-corrected chi connectivity index (χ4v) is 4.27. The molecule has 0 atom stereocenters. The number of rotatable bonds is 6. The van der Waals surface area contributed by atoms with Gasteiger partial charge < -0.3 is 4.90 Å². The summed E-state index contributed by atoms with van der Waals surface area (Å²) < 4.78 is 40.2. The summed E-state index contributed by atoms with van der Waals surface area (Å²) in [6.07, 6.45) is 1.13. The molecule has 0 spiro atoms. The van der Waals surface area contributed by atoms with E-state index >= 15 is 0 Å². The molecule has 3 rings (SSSR count). The van der Waals surface area contributed by atoms with Gasteiger partial charge in [0, 0.05) is 25.2 Å². The number of nitrogens with zero attached hydrogens (tertiary/aromatic N) is 1. The number of sulfonamides is 1. The number of halogens is 1. The van der Waals surface area contributed by atoms with Gasteiger partial charge in [-0.25, -0.2) is 17.5 Å². The van der Waals surface area contributed by atoms with E-state index in [1.165, 1.54) is 18.2 Å². The van der Waals surface area contributed by atoms with Gasteiger partial charge in [-0.1, -0.05) is 24.3 Å². The van der Waals surface area contributed by atoms with E-state index in [1.54, 1.807) is 11.0 Å². The molecule has 0 aromatic heterocycles. The summed E-state index contributed by atoms with van der Waals surface area (Å²) in [6, 6.07) is 11.2. The zero-order chi connectivity index (χ0) is 18.7. The summed E-state index contributed by atoms with van der Waals surface area (Å²) in [7, 11) is -3.58. The Balaban J connectivity index is 1.69. The van der Waals surface area contributed by atoms with E-state index in [2.05, 4.69) is 4.72 Å². The van der Waals surface area contributed by atoms with Crippen LogP contribution < -0.4 is 9.62 Å². The summed E-state index contributed by atoms with van der Waals surface area (Å²) in [6.45, 7) is 2.71. The Labute approximate surface area is 152 Å². The molecule has 2 aromatic carbocycles. The molecule has 5 nitrogen and oxygen atoms in total. The number of carbonyl (C=O) groups excluding carboxylic acids is 1. The van der Waals surface area contributed by atoms with Crippen LogP contribution in [-0.4, -0.2) is 20.9 Å². The van der Waals surface area contributed by atoms with Crippen molar-refractivity contribution in [1.82, 2.24) is 4.72 Å². The lowest BCUT2D eigenvalue weighted by Crippen LogP contribution is -2.34. The average molecular weight is 376 g/mol. The van der Waals surface area contributed by atoms with Crippen molar-refractivity contribution in [2.75, 3.05) is 11.4 Å². The first-order valence-electron chi connectivity index (χ1n) is 8.52. The van der Waals surface area contributed by atoms with Gasteiger partial charge in [-0.3, -0.25) is 4.79 Å². The van der Waals surface area contributed by atoms with Crippen LogP contribution in [0.5, 0.6) is 0 Å². The highest BCUT2D eigenvalue weighted by atomic mass is 32.2. The molecule has 1 aliphatic rings. The zero-order valence-electron chi connectivity index (χ0n) is 14.5. The number of anilines is 1. The minimum Gasteiger partial charge on any atom is -0.312 e. The molecule has 0 saturated carbocycles. The Hall–Kier alpha value is -2.25. The average Bonchev–Trinajstić information content (AvgIpc) is 2.59. The summed E-state index contributed by atoms with van der Waals surface area (Å²) in [5.41, 5.74) is 3.18. The molecule has 0 bridgehead atoms. The van der Waals surface area contributed by atoms with Gasteiger partial charge >= 0.3 is 0 Å². The molecule has 26 heavy (non-hydrogen) atoms. The van der Waals surface area contributed by atoms with E-state index in [0.717, 1.165) is 16.8 Å². The molecule has 0 saturated heterocycles. The summed E-state index contributed by atoms with van der Waals surface area (Å²) in [5.74, 6) is -0.612. The Morgan fingerprint density at radius 1 is 1.12 bits per heavy atom. The summed E-state index contributed by atoms with van der Waals surface area (Å²) in [5, 5.41) is 0. The van der Waals surface area contributed by atoms with E-state index in [-0.39, 0.29) is 18.2 Å². The second kappa shape index (κ2) is 7.55. The van der Waals surface area contributed by atoms with E-state index in [0.29, 0.717) is 24.9 Å². The van der Waals surface area contributed by atoms with Gasteiger partial charge in [0.25, 0.3) is 0 Å². The van der Waals surface area contributed by atoms with Crippen molar-refractivity contribution in [3.05, 3.63) is 65.0 Å². The lowest BCUT2D eigenvalue weighted by molar-refractivity contribution is -0.118. The quantitative estimate of drug-likeness (QED) is 0.843. The van der Waals surface area contributed by atoms with Crippen LogP contribution in [0.2, 0.25) is 0 Å². The molecule has 0 fully saturated rings. The molecular formula is C19H21FN2O3S. The summed E-state index contributed by atoms with van der Waals surface area (Å²) in [4.78, 5) is 13.7. The highest BCUT2D eigenvalue weighted by molar-refractivity contribution is 7.88. The van der Waals surface area contributed by atoms with E-state index < -0.39 is 15.8 Å². The number of fused-ring (bicyclic) bond motifs is 1. The molecule has 1 N–H and O–H groups in total. The maximum absolute atomic E-state index is 13.2. The van der Waals surface area contributed by atoms with Crippen LogP contribution in [-0.2, 0) is 33.5 Å². The number of nitrogens with one attached hydrogen (secondary N) is 1. The molecule has 2 aromatic rings. The second-order valence-electron chi connectivity index (χ2n) is 6.31. The first-order valence-corrected chi connectivity index (χ1v) is 10.2. The lowest BCUT2D eigenvalue weighted by Gasteiger charge is -2.28. The number of hydrogen-bond acceptors (Lipinski definition) is 3. The molecular weight excluding hydrogens is 355 g/mol. The van der Waals surface area contributed by atoms with Crippen molar-refractivity contribution in [3.63, 3.8) is 0 Å². The maximum Gasteiger partial charge on any atom is 0.227 e. The highest BCUT2D eigenvalue weighted by Crippen LogP contribution is 2.28. The predicted octanol–water partition coefficient (Wildman–Crippen LogP) is 2.74. The van der Waals surface area contributed by atoms with Crippen LogP contribution >= 0.6 is 0 Å². The third-order valence-corrected chi connectivity index (χ3v) is 5.70. The molecule has 0 aliphatic carbocycles. The van der Waals surface area contributed by atoms with Crippen molar-refractivity contribution in [2.24, 2.45) is 0 Å². The molecule has 7 heteroatoms. The Bertz CT molecular complexity index is 928. The largest absolute Gasteiger partial charge is 0.312 e. The number of benzene rings is 2. The topological polar surface area (TPSA) is 66.5 Å². The van der Waals surface area contributed by atoms with Gasteiger partial charge in [0.05, 0.1) is 5.75 Å². The van der Waals surface area contributed by atoms with Gasteiger partial charge in [-0.15, -0.1) is 0 Å².